The number of pyridine rings is 2. The average Bonchev–Trinajstić information content (AvgIpc) is 2.94. The highest BCUT2D eigenvalue weighted by atomic mass is 15.3. The van der Waals surface area contributed by atoms with Gasteiger partial charge in [0.1, 0.15) is 12.7 Å². The minimum absolute atomic E-state index is 0.727. The van der Waals surface area contributed by atoms with Crippen LogP contribution in [0.15, 0.2) is 55.2 Å². The van der Waals surface area contributed by atoms with E-state index in [1.807, 2.05) is 36.4 Å². The number of aromatic nitrogens is 5. The standard InChI is InChI=1S/C12H9N5/c1-2-7-14-10(4-1)11-5-3-6-12(16-11)17-9-13-8-15-17/h1-9H. The molecule has 0 N–H and O–H groups in total. The predicted octanol–water partition coefficient (Wildman–Crippen LogP) is 1.72. The highest BCUT2D eigenvalue weighted by molar-refractivity contribution is 5.54. The fourth-order valence-electron chi connectivity index (χ4n) is 1.53. The van der Waals surface area contributed by atoms with Crippen molar-refractivity contribution in [2.45, 2.75) is 0 Å². The summed E-state index contributed by atoms with van der Waals surface area (Å²) >= 11 is 0. The molecule has 0 unspecified atom stereocenters. The first kappa shape index (κ1) is 9.65. The van der Waals surface area contributed by atoms with Gasteiger partial charge in [-0.3, -0.25) is 4.98 Å². The Labute approximate surface area is 97.8 Å². The van der Waals surface area contributed by atoms with E-state index in [2.05, 4.69) is 20.1 Å². The van der Waals surface area contributed by atoms with E-state index in [1.54, 1.807) is 17.2 Å². The Balaban J connectivity index is 2.06. The normalized spacial score (nSPS) is 10.4. The second-order valence-corrected chi connectivity index (χ2v) is 3.44. The second kappa shape index (κ2) is 4.13. The molecule has 3 aromatic heterocycles. The Morgan fingerprint density at radius 1 is 0.941 bits per heavy atom. The smallest absolute Gasteiger partial charge is 0.155 e. The van der Waals surface area contributed by atoms with Gasteiger partial charge in [0.05, 0.1) is 11.4 Å². The molecule has 0 aliphatic rings. The molecule has 0 atom stereocenters. The molecule has 0 fully saturated rings. The molecular formula is C12H9N5. The van der Waals surface area contributed by atoms with Crippen molar-refractivity contribution in [2.24, 2.45) is 0 Å². The molecule has 0 saturated heterocycles. The zero-order chi connectivity index (χ0) is 11.5. The van der Waals surface area contributed by atoms with Crippen LogP contribution < -0.4 is 0 Å². The summed E-state index contributed by atoms with van der Waals surface area (Å²) in [5.74, 6) is 0.727. The molecule has 0 aromatic carbocycles. The maximum absolute atomic E-state index is 4.48. The molecule has 17 heavy (non-hydrogen) atoms. The van der Waals surface area contributed by atoms with Crippen molar-refractivity contribution < 1.29 is 0 Å². The summed E-state index contributed by atoms with van der Waals surface area (Å²) in [5.41, 5.74) is 1.66. The van der Waals surface area contributed by atoms with Crippen molar-refractivity contribution in [1.82, 2.24) is 24.7 Å². The van der Waals surface area contributed by atoms with E-state index in [0.717, 1.165) is 17.2 Å². The molecule has 3 rings (SSSR count). The lowest BCUT2D eigenvalue weighted by atomic mass is 10.2. The lowest BCUT2D eigenvalue weighted by molar-refractivity contribution is 0.846. The van der Waals surface area contributed by atoms with Gasteiger partial charge in [-0.1, -0.05) is 12.1 Å². The Morgan fingerprint density at radius 3 is 2.65 bits per heavy atom. The van der Waals surface area contributed by atoms with Crippen LogP contribution >= 0.6 is 0 Å². The lowest BCUT2D eigenvalue weighted by Gasteiger charge is -2.02. The van der Waals surface area contributed by atoms with E-state index < -0.39 is 0 Å². The summed E-state index contributed by atoms with van der Waals surface area (Å²) in [5, 5.41) is 4.04. The van der Waals surface area contributed by atoms with E-state index in [0.29, 0.717) is 0 Å². The molecule has 82 valence electrons. The number of nitrogens with zero attached hydrogens (tertiary/aromatic N) is 5. The molecule has 3 heterocycles. The summed E-state index contributed by atoms with van der Waals surface area (Å²) in [4.78, 5) is 12.6. The van der Waals surface area contributed by atoms with Gasteiger partial charge in [0.15, 0.2) is 5.82 Å². The predicted molar refractivity (Wildman–Crippen MR) is 62.4 cm³/mol. The van der Waals surface area contributed by atoms with Crippen LogP contribution in [0, 0.1) is 0 Å². The Kier molecular flexibility index (Phi) is 2.34. The Bertz CT molecular complexity index is 604. The summed E-state index contributed by atoms with van der Waals surface area (Å²) in [6.45, 7) is 0. The third-order valence-electron chi connectivity index (χ3n) is 2.32. The van der Waals surface area contributed by atoms with Crippen molar-refractivity contribution in [1.29, 1.82) is 0 Å². The van der Waals surface area contributed by atoms with Gasteiger partial charge >= 0.3 is 0 Å². The molecule has 0 radical (unpaired) electrons. The zero-order valence-electron chi connectivity index (χ0n) is 8.93. The van der Waals surface area contributed by atoms with E-state index in [-0.39, 0.29) is 0 Å². The lowest BCUT2D eigenvalue weighted by Crippen LogP contribution is -1.99. The first-order chi connectivity index (χ1) is 8.43. The molecule has 0 aliphatic carbocycles. The van der Waals surface area contributed by atoms with E-state index in [1.165, 1.54) is 6.33 Å². The van der Waals surface area contributed by atoms with Gasteiger partial charge in [0.2, 0.25) is 0 Å². The van der Waals surface area contributed by atoms with Crippen LogP contribution in [0.5, 0.6) is 0 Å². The van der Waals surface area contributed by atoms with E-state index in [4.69, 9.17) is 0 Å². The third-order valence-corrected chi connectivity index (χ3v) is 2.32. The van der Waals surface area contributed by atoms with Gasteiger partial charge in [-0.15, -0.1) is 0 Å². The molecule has 0 aliphatic heterocycles. The van der Waals surface area contributed by atoms with Gasteiger partial charge in [-0.25, -0.2) is 14.6 Å². The fraction of sp³-hybridized carbons (Fsp3) is 0. The SMILES string of the molecule is c1ccc(-c2cccc(-n3cncn3)n2)nc1. The van der Waals surface area contributed by atoms with Crippen molar-refractivity contribution in [3.8, 4) is 17.2 Å². The van der Waals surface area contributed by atoms with Crippen LogP contribution in [0.25, 0.3) is 17.2 Å². The van der Waals surface area contributed by atoms with Crippen molar-refractivity contribution in [3.63, 3.8) is 0 Å². The van der Waals surface area contributed by atoms with Crippen LogP contribution in [0.3, 0.4) is 0 Å². The summed E-state index contributed by atoms with van der Waals surface area (Å²) in [6.07, 6.45) is 4.85. The maximum Gasteiger partial charge on any atom is 0.155 e. The van der Waals surface area contributed by atoms with E-state index >= 15 is 0 Å². The summed E-state index contributed by atoms with van der Waals surface area (Å²) in [7, 11) is 0. The molecule has 0 amide bonds. The molecule has 3 aromatic rings. The monoisotopic (exact) mass is 223 g/mol. The Morgan fingerprint density at radius 2 is 1.88 bits per heavy atom. The van der Waals surface area contributed by atoms with E-state index in [9.17, 15) is 0 Å². The van der Waals surface area contributed by atoms with Crippen LogP contribution in [0.1, 0.15) is 0 Å². The number of hydrogen-bond acceptors (Lipinski definition) is 4. The largest absolute Gasteiger partial charge is 0.255 e. The van der Waals surface area contributed by atoms with Gasteiger partial charge in [0, 0.05) is 6.20 Å². The molecular weight excluding hydrogens is 214 g/mol. The molecule has 5 heteroatoms. The summed E-state index contributed by atoms with van der Waals surface area (Å²) < 4.78 is 1.62. The maximum atomic E-state index is 4.48. The minimum atomic E-state index is 0.727. The molecule has 0 spiro atoms. The van der Waals surface area contributed by atoms with Crippen LogP contribution in [0.4, 0.5) is 0 Å². The topological polar surface area (TPSA) is 56.5 Å². The summed E-state index contributed by atoms with van der Waals surface area (Å²) in [6, 6.07) is 11.5. The van der Waals surface area contributed by atoms with Crippen molar-refractivity contribution in [3.05, 3.63) is 55.2 Å². The highest BCUT2D eigenvalue weighted by Gasteiger charge is 2.03. The Hall–Kier alpha value is -2.56. The minimum Gasteiger partial charge on any atom is -0.255 e. The molecule has 0 bridgehead atoms. The average molecular weight is 223 g/mol. The quantitative estimate of drug-likeness (QED) is 0.663. The molecule has 0 saturated carbocycles. The van der Waals surface area contributed by atoms with Gasteiger partial charge in [-0.05, 0) is 24.3 Å². The zero-order valence-corrected chi connectivity index (χ0v) is 8.93. The fourth-order valence-corrected chi connectivity index (χ4v) is 1.53. The number of rotatable bonds is 2. The van der Waals surface area contributed by atoms with Crippen molar-refractivity contribution in [2.75, 3.05) is 0 Å². The first-order valence-corrected chi connectivity index (χ1v) is 5.17. The first-order valence-electron chi connectivity index (χ1n) is 5.17. The number of hydrogen-bond donors (Lipinski definition) is 0. The second-order valence-electron chi connectivity index (χ2n) is 3.44. The highest BCUT2D eigenvalue weighted by Crippen LogP contribution is 2.14. The van der Waals surface area contributed by atoms with Crippen LogP contribution in [0.2, 0.25) is 0 Å². The van der Waals surface area contributed by atoms with Crippen LogP contribution in [-0.4, -0.2) is 24.7 Å². The van der Waals surface area contributed by atoms with Gasteiger partial charge < -0.3 is 0 Å². The van der Waals surface area contributed by atoms with Crippen molar-refractivity contribution >= 4 is 0 Å². The van der Waals surface area contributed by atoms with Gasteiger partial charge in [0.25, 0.3) is 0 Å². The van der Waals surface area contributed by atoms with Crippen LogP contribution in [-0.2, 0) is 0 Å². The third kappa shape index (κ3) is 1.90. The van der Waals surface area contributed by atoms with Gasteiger partial charge in [-0.2, -0.15) is 5.10 Å². The molecule has 5 nitrogen and oxygen atoms in total.